The van der Waals surface area contributed by atoms with Crippen LogP contribution in [0.1, 0.15) is 57.6 Å². The van der Waals surface area contributed by atoms with Crippen molar-refractivity contribution in [3.8, 4) is 0 Å². The summed E-state index contributed by atoms with van der Waals surface area (Å²) in [7, 11) is 0. The quantitative estimate of drug-likeness (QED) is 0.165. The number of aromatic nitrogens is 2. The Morgan fingerprint density at radius 3 is 2.65 bits per heavy atom. The SMILES string of the molecule is CSCC[C@H]1CN(C(=N[C@H]2C[C@@H]3C[C@H]([C@@H]2C)C3(C)C)Nc2ccc3c(=O)n(CCc4ccc(C)cc4F)cnc3c2)[C@@H](CCSC)CN1. The normalized spacial score (nSPS) is 26.8. The van der Waals surface area contributed by atoms with Crippen LogP contribution in [0.15, 0.2) is 52.5 Å². The van der Waals surface area contributed by atoms with Gasteiger partial charge in [0.25, 0.3) is 5.56 Å². The van der Waals surface area contributed by atoms with Gasteiger partial charge in [-0.2, -0.15) is 23.5 Å². The molecule has 1 aliphatic heterocycles. The number of nitrogens with zero attached hydrogens (tertiary/aromatic N) is 4. The van der Waals surface area contributed by atoms with E-state index in [1.54, 1.807) is 17.0 Å². The maximum atomic E-state index is 14.4. The van der Waals surface area contributed by atoms with Crippen LogP contribution in [0.3, 0.4) is 0 Å². The van der Waals surface area contributed by atoms with Crippen LogP contribution in [0.2, 0.25) is 0 Å². The first-order valence-electron chi connectivity index (χ1n) is 17.7. The van der Waals surface area contributed by atoms with Crippen LogP contribution in [0, 0.1) is 35.9 Å². The van der Waals surface area contributed by atoms with Crippen LogP contribution in [0.4, 0.5) is 10.1 Å². The lowest BCUT2D eigenvalue weighted by molar-refractivity contribution is -0.108. The van der Waals surface area contributed by atoms with E-state index in [4.69, 9.17) is 9.98 Å². The standard InChI is InChI=1S/C38H53FN6OS2/c1-24-7-8-26(33(39)17-24)11-14-44-23-41-35-20-28(9-10-31(35)36(44)46)42-37(43-34-19-27-18-32(25(34)2)38(27,3)4)45-22-29(12-15-47-5)40-21-30(45)13-16-48-6/h7-10,17,20,23,25,27,29-30,32,34,40H,11-16,18-19,21-22H2,1-6H3,(H,42,43)/t25-,27-,29-,30-,32+,34-/m0/s1. The number of aryl methyl sites for hydroxylation is 3. The summed E-state index contributed by atoms with van der Waals surface area (Å²) in [6.07, 6.45) is 11.1. The summed E-state index contributed by atoms with van der Waals surface area (Å²) in [4.78, 5) is 26.3. The number of benzene rings is 2. The monoisotopic (exact) mass is 692 g/mol. The molecule has 1 aromatic heterocycles. The van der Waals surface area contributed by atoms with Gasteiger partial charge in [-0.25, -0.2) is 14.4 Å². The molecule has 0 unspecified atom stereocenters. The van der Waals surface area contributed by atoms with Crippen molar-refractivity contribution in [2.75, 3.05) is 42.4 Å². The second-order valence-corrected chi connectivity index (χ2v) is 16.9. The van der Waals surface area contributed by atoms with Crippen molar-refractivity contribution in [3.63, 3.8) is 0 Å². The Hall–Kier alpha value is -2.56. The molecule has 4 aliphatic rings. The van der Waals surface area contributed by atoms with Gasteiger partial charge in [0.15, 0.2) is 5.96 Å². The Morgan fingerprint density at radius 1 is 1.12 bits per heavy atom. The minimum absolute atomic E-state index is 0.110. The molecule has 3 aliphatic carbocycles. The number of thioether (sulfide) groups is 2. The number of guanidine groups is 1. The van der Waals surface area contributed by atoms with Crippen molar-refractivity contribution in [1.29, 1.82) is 0 Å². The predicted molar refractivity (Wildman–Crippen MR) is 203 cm³/mol. The second kappa shape index (κ2) is 15.1. The van der Waals surface area contributed by atoms with Gasteiger partial charge >= 0.3 is 0 Å². The molecule has 2 bridgehead atoms. The zero-order valence-corrected chi connectivity index (χ0v) is 31.1. The molecule has 10 heteroatoms. The van der Waals surface area contributed by atoms with Gasteiger partial charge in [0.1, 0.15) is 5.82 Å². The number of anilines is 1. The topological polar surface area (TPSA) is 74.5 Å². The maximum absolute atomic E-state index is 14.4. The average molecular weight is 693 g/mol. The van der Waals surface area contributed by atoms with Crippen molar-refractivity contribution in [2.24, 2.45) is 28.2 Å². The molecule has 260 valence electrons. The van der Waals surface area contributed by atoms with Crippen molar-refractivity contribution in [2.45, 2.75) is 84.5 Å². The van der Waals surface area contributed by atoms with Gasteiger partial charge in [0, 0.05) is 37.4 Å². The molecule has 2 heterocycles. The summed E-state index contributed by atoms with van der Waals surface area (Å²) in [5, 5.41) is 8.19. The predicted octanol–water partition coefficient (Wildman–Crippen LogP) is 7.07. The summed E-state index contributed by atoms with van der Waals surface area (Å²) in [5.41, 5.74) is 3.32. The highest BCUT2D eigenvalue weighted by atomic mass is 32.2. The van der Waals surface area contributed by atoms with E-state index in [0.29, 0.717) is 58.8 Å². The zero-order valence-electron chi connectivity index (χ0n) is 29.5. The fourth-order valence-corrected chi connectivity index (χ4v) is 9.37. The molecule has 3 saturated carbocycles. The third kappa shape index (κ3) is 7.46. The molecule has 0 amide bonds. The molecule has 0 spiro atoms. The number of piperazine rings is 1. The first-order chi connectivity index (χ1) is 23.1. The summed E-state index contributed by atoms with van der Waals surface area (Å²) >= 11 is 3.80. The first-order valence-corrected chi connectivity index (χ1v) is 20.4. The molecule has 2 N–H and O–H groups in total. The number of hydrogen-bond acceptors (Lipinski definition) is 6. The third-order valence-electron chi connectivity index (χ3n) is 11.6. The highest BCUT2D eigenvalue weighted by Crippen LogP contribution is 2.61. The van der Waals surface area contributed by atoms with Crippen LogP contribution in [-0.4, -0.2) is 75.6 Å². The molecule has 0 radical (unpaired) electrons. The average Bonchev–Trinajstić information content (AvgIpc) is 3.07. The summed E-state index contributed by atoms with van der Waals surface area (Å²) < 4.78 is 16.0. The van der Waals surface area contributed by atoms with Crippen LogP contribution in [-0.2, 0) is 13.0 Å². The van der Waals surface area contributed by atoms with E-state index in [2.05, 4.69) is 48.8 Å². The number of halogens is 1. The van der Waals surface area contributed by atoms with Crippen LogP contribution < -0.4 is 16.2 Å². The molecule has 2 aromatic carbocycles. The number of rotatable bonds is 11. The Kier molecular flexibility index (Phi) is 11.1. The molecular weight excluding hydrogens is 640 g/mol. The number of nitrogens with one attached hydrogen (secondary N) is 2. The molecule has 6 atom stereocenters. The lowest BCUT2D eigenvalue weighted by Gasteiger charge is -2.61. The van der Waals surface area contributed by atoms with Crippen LogP contribution in [0.25, 0.3) is 10.9 Å². The zero-order chi connectivity index (χ0) is 34.0. The van der Waals surface area contributed by atoms with Crippen molar-refractivity contribution in [1.82, 2.24) is 19.8 Å². The molecule has 48 heavy (non-hydrogen) atoms. The van der Waals surface area contributed by atoms with Gasteiger partial charge in [-0.3, -0.25) is 9.36 Å². The summed E-state index contributed by atoms with van der Waals surface area (Å²) in [5.74, 6) is 4.94. The molecule has 3 aromatic rings. The van der Waals surface area contributed by atoms with E-state index in [1.165, 1.54) is 12.5 Å². The Balaban J connectivity index is 1.28. The first kappa shape index (κ1) is 35.3. The molecule has 4 fully saturated rings. The summed E-state index contributed by atoms with van der Waals surface area (Å²) in [6, 6.07) is 12.1. The van der Waals surface area contributed by atoms with Gasteiger partial charge in [-0.1, -0.05) is 32.9 Å². The Labute approximate surface area is 294 Å². The van der Waals surface area contributed by atoms with E-state index < -0.39 is 0 Å². The molecule has 1 saturated heterocycles. The maximum Gasteiger partial charge on any atom is 0.261 e. The highest BCUT2D eigenvalue weighted by Gasteiger charge is 2.56. The largest absolute Gasteiger partial charge is 0.337 e. The van der Waals surface area contributed by atoms with Crippen LogP contribution >= 0.6 is 23.5 Å². The number of aliphatic imine (C=N–C) groups is 1. The molecule has 7 nitrogen and oxygen atoms in total. The van der Waals surface area contributed by atoms with E-state index in [-0.39, 0.29) is 17.4 Å². The highest BCUT2D eigenvalue weighted by molar-refractivity contribution is 7.98. The number of hydrogen-bond donors (Lipinski definition) is 2. The number of fused-ring (bicyclic) bond motifs is 3. The third-order valence-corrected chi connectivity index (χ3v) is 12.9. The van der Waals surface area contributed by atoms with Gasteiger partial charge in [-0.15, -0.1) is 0 Å². The van der Waals surface area contributed by atoms with Gasteiger partial charge < -0.3 is 15.5 Å². The van der Waals surface area contributed by atoms with Gasteiger partial charge in [0.05, 0.1) is 23.3 Å². The molecule has 7 rings (SSSR count). The fourth-order valence-electron chi connectivity index (χ4n) is 8.34. The van der Waals surface area contributed by atoms with E-state index in [1.807, 2.05) is 54.7 Å². The second-order valence-electron chi connectivity index (χ2n) is 14.9. The smallest absolute Gasteiger partial charge is 0.261 e. The van der Waals surface area contributed by atoms with Crippen molar-refractivity contribution in [3.05, 3.63) is 70.0 Å². The van der Waals surface area contributed by atoms with Gasteiger partial charge in [-0.05, 0) is 122 Å². The lowest BCUT2D eigenvalue weighted by atomic mass is 9.45. The minimum atomic E-state index is -0.232. The van der Waals surface area contributed by atoms with Crippen molar-refractivity contribution < 1.29 is 4.39 Å². The van der Waals surface area contributed by atoms with Crippen molar-refractivity contribution >= 4 is 46.1 Å². The van der Waals surface area contributed by atoms with Crippen LogP contribution in [0.5, 0.6) is 0 Å². The fraction of sp³-hybridized carbons (Fsp3) is 0.605. The minimum Gasteiger partial charge on any atom is -0.337 e. The molecular formula is C38H53FN6OS2. The summed E-state index contributed by atoms with van der Waals surface area (Å²) in [6.45, 7) is 11.4. The van der Waals surface area contributed by atoms with E-state index >= 15 is 0 Å². The lowest BCUT2D eigenvalue weighted by Crippen LogP contribution is -2.61. The van der Waals surface area contributed by atoms with E-state index in [0.717, 1.165) is 67.0 Å². The Morgan fingerprint density at radius 2 is 1.92 bits per heavy atom. The van der Waals surface area contributed by atoms with Gasteiger partial charge in [0.2, 0.25) is 0 Å². The van der Waals surface area contributed by atoms with E-state index in [9.17, 15) is 9.18 Å². The Bertz CT molecular complexity index is 1680.